The van der Waals surface area contributed by atoms with Gasteiger partial charge in [-0.05, 0) is 140 Å². The Morgan fingerprint density at radius 1 is 0.200 bits per heavy atom. The molecule has 398 valence electrons. The molecule has 0 amide bonds. The van der Waals surface area contributed by atoms with E-state index in [1.165, 1.54) is 0 Å². The minimum absolute atomic E-state index is 0.822. The van der Waals surface area contributed by atoms with Crippen molar-refractivity contribution in [1.29, 1.82) is 0 Å². The van der Waals surface area contributed by atoms with Gasteiger partial charge in [-0.1, -0.05) is 218 Å². The minimum Gasteiger partial charge on any atom is -0.456 e. The molecule has 0 aliphatic rings. The summed E-state index contributed by atoms with van der Waals surface area (Å²) in [6.07, 6.45) is 0. The van der Waals surface area contributed by atoms with Crippen molar-refractivity contribution in [2.75, 3.05) is 9.80 Å². The van der Waals surface area contributed by atoms with Gasteiger partial charge < -0.3 is 23.1 Å². The van der Waals surface area contributed by atoms with Crippen molar-refractivity contribution in [3.8, 4) is 44.5 Å². The summed E-state index contributed by atoms with van der Waals surface area (Å²) >= 11 is 0. The van der Waals surface area contributed by atoms with Crippen LogP contribution in [0.3, 0.4) is 0 Å². The summed E-state index contributed by atoms with van der Waals surface area (Å²) in [5, 5.41) is 10.7. The van der Waals surface area contributed by atoms with Gasteiger partial charge in [-0.2, -0.15) is 0 Å². The van der Waals surface area contributed by atoms with Crippen LogP contribution in [0.15, 0.2) is 317 Å². The highest BCUT2D eigenvalue weighted by atomic mass is 16.3. The molecule has 3 aromatic heterocycles. The first-order chi connectivity index (χ1) is 42.1. The van der Waals surface area contributed by atoms with E-state index in [1.54, 1.807) is 0 Å². The number of furan rings is 3. The molecule has 0 saturated carbocycles. The second-order valence-corrected chi connectivity index (χ2v) is 22.0. The Morgan fingerprint density at radius 3 is 0.976 bits per heavy atom. The summed E-state index contributed by atoms with van der Waals surface area (Å²) < 4.78 is 21.0. The molecule has 0 fully saturated rings. The number of hydrogen-bond donors (Lipinski definition) is 0. The monoisotopic (exact) mass is 1090 g/mol. The highest BCUT2D eigenvalue weighted by Gasteiger charge is 2.25. The lowest BCUT2D eigenvalue weighted by Crippen LogP contribution is -2.10. The molecule has 0 radical (unpaired) electrons. The summed E-state index contributed by atoms with van der Waals surface area (Å²) in [5.41, 5.74) is 19.9. The lowest BCUT2D eigenvalue weighted by molar-refractivity contribution is 0.670. The van der Waals surface area contributed by atoms with E-state index in [-0.39, 0.29) is 0 Å². The van der Waals surface area contributed by atoms with Crippen molar-refractivity contribution in [3.05, 3.63) is 303 Å². The van der Waals surface area contributed by atoms with Gasteiger partial charge in [0.05, 0.1) is 11.4 Å². The van der Waals surface area contributed by atoms with Crippen LogP contribution in [-0.4, -0.2) is 0 Å². The first-order valence-corrected chi connectivity index (χ1v) is 28.9. The highest BCUT2D eigenvalue weighted by molar-refractivity contribution is 6.17. The average Bonchev–Trinajstić information content (AvgIpc) is 2.78. The molecule has 0 aliphatic heterocycles. The summed E-state index contributed by atoms with van der Waals surface area (Å²) in [5.74, 6) is 0. The fraction of sp³-hybridized carbons (Fsp3) is 0. The fourth-order valence-electron chi connectivity index (χ4n) is 12.9. The topological polar surface area (TPSA) is 45.9 Å². The smallest absolute Gasteiger partial charge is 0.159 e. The number of anilines is 6. The molecule has 17 aromatic rings. The first kappa shape index (κ1) is 48.3. The molecule has 17 rings (SSSR count). The lowest BCUT2D eigenvalue weighted by Gasteiger charge is -2.26. The first-order valence-electron chi connectivity index (χ1n) is 28.9. The maximum absolute atomic E-state index is 7.11. The maximum Gasteiger partial charge on any atom is 0.159 e. The maximum atomic E-state index is 7.11. The van der Waals surface area contributed by atoms with Crippen LogP contribution in [0.2, 0.25) is 0 Å². The number of rotatable bonds is 10. The second-order valence-electron chi connectivity index (χ2n) is 22.0. The van der Waals surface area contributed by atoms with Gasteiger partial charge in [-0.3, -0.25) is 0 Å². The molecule has 5 nitrogen and oxygen atoms in total. The second kappa shape index (κ2) is 19.7. The van der Waals surface area contributed by atoms with E-state index < -0.39 is 0 Å². The molecule has 0 bridgehead atoms. The molecule has 0 aliphatic carbocycles. The lowest BCUT2D eigenvalue weighted by atomic mass is 10.0. The molecular formula is C80H50N2O3. The van der Waals surface area contributed by atoms with Crippen LogP contribution in [0.5, 0.6) is 0 Å². The van der Waals surface area contributed by atoms with Crippen LogP contribution >= 0.6 is 0 Å². The number of para-hydroxylation sites is 4. The molecule has 5 heteroatoms. The molecule has 0 spiro atoms. The molecule has 0 atom stereocenters. The summed E-state index contributed by atoms with van der Waals surface area (Å²) in [6, 6.07) is 108. The zero-order valence-corrected chi connectivity index (χ0v) is 46.0. The van der Waals surface area contributed by atoms with Gasteiger partial charge >= 0.3 is 0 Å². The van der Waals surface area contributed by atoms with Gasteiger partial charge in [-0.15, -0.1) is 0 Å². The van der Waals surface area contributed by atoms with Crippen molar-refractivity contribution in [2.45, 2.75) is 0 Å². The van der Waals surface area contributed by atoms with E-state index in [1.807, 2.05) is 0 Å². The predicted molar refractivity (Wildman–Crippen MR) is 354 cm³/mol. The third kappa shape index (κ3) is 8.16. The molecule has 3 heterocycles. The van der Waals surface area contributed by atoms with E-state index >= 15 is 0 Å². The Hall–Kier alpha value is -11.4. The summed E-state index contributed by atoms with van der Waals surface area (Å²) in [6.45, 7) is 0. The molecule has 14 aromatic carbocycles. The number of hydrogen-bond acceptors (Lipinski definition) is 5. The van der Waals surface area contributed by atoms with Gasteiger partial charge in [0.1, 0.15) is 22.3 Å². The van der Waals surface area contributed by atoms with Crippen LogP contribution < -0.4 is 9.80 Å². The normalized spacial score (nSPS) is 11.8. The van der Waals surface area contributed by atoms with Crippen molar-refractivity contribution < 1.29 is 13.3 Å². The molecule has 0 saturated heterocycles. The van der Waals surface area contributed by atoms with Gasteiger partial charge in [0.15, 0.2) is 11.2 Å². The van der Waals surface area contributed by atoms with Crippen molar-refractivity contribution >= 4 is 121 Å². The summed E-state index contributed by atoms with van der Waals surface area (Å²) in [7, 11) is 0. The zero-order valence-electron chi connectivity index (χ0n) is 46.0. The molecule has 0 N–H and O–H groups in total. The number of benzene rings is 14. The number of fused-ring (bicyclic) bond motifs is 11. The van der Waals surface area contributed by atoms with Crippen LogP contribution in [0.25, 0.3) is 132 Å². The minimum atomic E-state index is 0.822. The van der Waals surface area contributed by atoms with Crippen LogP contribution in [0, 0.1) is 0 Å². The Kier molecular flexibility index (Phi) is 11.2. The Balaban J connectivity index is 0.826. The summed E-state index contributed by atoms with van der Waals surface area (Å²) in [4.78, 5) is 4.70. The van der Waals surface area contributed by atoms with E-state index in [0.717, 1.165) is 166 Å². The van der Waals surface area contributed by atoms with E-state index in [9.17, 15) is 0 Å². The Bertz CT molecular complexity index is 5090. The molecule has 0 unspecified atom stereocenters. The average molecular weight is 1090 g/mol. The predicted octanol–water partition coefficient (Wildman–Crippen LogP) is 23.3. The quantitative estimate of drug-likeness (QED) is 0.137. The van der Waals surface area contributed by atoms with Crippen LogP contribution in [0.1, 0.15) is 0 Å². The van der Waals surface area contributed by atoms with Crippen molar-refractivity contribution in [3.63, 3.8) is 0 Å². The van der Waals surface area contributed by atoms with E-state index in [2.05, 4.69) is 313 Å². The van der Waals surface area contributed by atoms with E-state index in [4.69, 9.17) is 13.3 Å². The van der Waals surface area contributed by atoms with Crippen LogP contribution in [-0.2, 0) is 0 Å². The Labute approximate surface area is 489 Å². The largest absolute Gasteiger partial charge is 0.456 e. The van der Waals surface area contributed by atoms with Crippen LogP contribution in [0.4, 0.5) is 34.1 Å². The zero-order chi connectivity index (χ0) is 56.0. The number of nitrogens with zero attached hydrogens (tertiary/aromatic N) is 2. The van der Waals surface area contributed by atoms with Crippen molar-refractivity contribution in [1.82, 2.24) is 0 Å². The highest BCUT2D eigenvalue weighted by Crippen LogP contribution is 2.48. The van der Waals surface area contributed by atoms with E-state index in [0.29, 0.717) is 0 Å². The van der Waals surface area contributed by atoms with Crippen molar-refractivity contribution in [2.24, 2.45) is 0 Å². The van der Waals surface area contributed by atoms with Gasteiger partial charge in [0.25, 0.3) is 0 Å². The third-order valence-electron chi connectivity index (χ3n) is 17.0. The molecular weight excluding hydrogens is 1040 g/mol. The van der Waals surface area contributed by atoms with Gasteiger partial charge in [-0.25, -0.2) is 0 Å². The standard InChI is InChI=1S/C80H50N2O3/c1-5-19-51(20-6-1)55-27-13-29-61(43-55)81(73-37-17-35-69-67-33-15-31-65(77(67)84-79(69)73)53-23-9-3-10-24-53)63-41-39-57-49-75-71(47-59(57)45-63)72-48-60-46-64(42-40-58(60)50-76(72)83-75)82(62-30-14-28-56(44-62)52-21-7-2-8-22-52)74-38-18-36-70-68-34-16-32-66(78(68)85-80(70)74)54-25-11-4-12-26-54/h1-50H. The molecule has 85 heavy (non-hydrogen) atoms. The van der Waals surface area contributed by atoms with Gasteiger partial charge in [0.2, 0.25) is 0 Å². The SMILES string of the molecule is c1ccc(-c2cccc(N(c3ccc4cc5oc6cc7ccc(N(c8cccc(-c9ccccc9)c8)c8cccc9c8oc8c(-c%10ccccc%10)cccc89)cc7cc6c5cc4c3)c3cccc4c3oc3c(-c5ccccc5)cccc34)c2)cc1. The fourth-order valence-corrected chi connectivity index (χ4v) is 12.9. The third-order valence-corrected chi connectivity index (χ3v) is 17.0. The Morgan fingerprint density at radius 2 is 0.553 bits per heavy atom. The van der Waals surface area contributed by atoms with Gasteiger partial charge in [0, 0.05) is 66.2 Å².